The lowest BCUT2D eigenvalue weighted by molar-refractivity contribution is 0.132. The number of allylic oxidation sites excluding steroid dienone is 3. The van der Waals surface area contributed by atoms with Crippen molar-refractivity contribution in [3.63, 3.8) is 0 Å². The van der Waals surface area contributed by atoms with Gasteiger partial charge in [-0.05, 0) is 30.4 Å². The van der Waals surface area contributed by atoms with Gasteiger partial charge in [-0.1, -0.05) is 24.3 Å². The van der Waals surface area contributed by atoms with Crippen LogP contribution in [0.3, 0.4) is 0 Å². The molecule has 0 saturated heterocycles. The molecule has 3 aliphatic rings. The van der Waals surface area contributed by atoms with Gasteiger partial charge in [0.1, 0.15) is 5.75 Å². The molecule has 0 aliphatic carbocycles. The Hall–Kier alpha value is -2.22. The summed E-state index contributed by atoms with van der Waals surface area (Å²) in [5.74, 6) is 0.957. The molecule has 3 aliphatic heterocycles. The van der Waals surface area contributed by atoms with Crippen LogP contribution in [0.5, 0.6) is 5.75 Å². The first-order chi connectivity index (χ1) is 8.42. The van der Waals surface area contributed by atoms with Crippen LogP contribution < -0.4 is 4.74 Å². The average Bonchev–Trinajstić information content (AvgIpc) is 2.73. The molecule has 0 fully saturated rings. The number of benzene rings is 1. The molecule has 0 radical (unpaired) electrons. The van der Waals surface area contributed by atoms with Gasteiger partial charge in [0, 0.05) is 23.0 Å². The lowest BCUT2D eigenvalue weighted by atomic mass is 10.1. The molecule has 3 heterocycles. The largest absolute Gasteiger partial charge is 0.465 e. The van der Waals surface area contributed by atoms with Gasteiger partial charge in [-0.15, -0.1) is 0 Å². The Morgan fingerprint density at radius 3 is 3.00 bits per heavy atom. The minimum atomic E-state index is 0.00102. The summed E-state index contributed by atoms with van der Waals surface area (Å²) >= 11 is 0. The normalized spacial score (nSPS) is 23.3. The smallest absolute Gasteiger partial charge is 0.202 e. The Labute approximate surface area is 99.8 Å². The monoisotopic (exact) mass is 221 g/mol. The van der Waals surface area contributed by atoms with Gasteiger partial charge >= 0.3 is 0 Å². The molecule has 1 aromatic rings. The molecular weight excluding hydrogens is 210 g/mol. The number of para-hydroxylation sites is 1. The number of hydrogen-bond acceptors (Lipinski definition) is 2. The number of rotatable bonds is 0. The molecule has 4 rings (SSSR count). The quantitative estimate of drug-likeness (QED) is 0.667. The van der Waals surface area contributed by atoms with E-state index in [1.807, 2.05) is 30.4 Å². The highest BCUT2D eigenvalue weighted by Crippen LogP contribution is 2.38. The topological polar surface area (TPSA) is 12.5 Å². The van der Waals surface area contributed by atoms with E-state index in [4.69, 9.17) is 4.74 Å². The van der Waals surface area contributed by atoms with Crippen LogP contribution in [0, 0.1) is 0 Å². The van der Waals surface area contributed by atoms with Crippen LogP contribution in [-0.2, 0) is 0 Å². The van der Waals surface area contributed by atoms with Crippen molar-refractivity contribution < 1.29 is 4.74 Å². The van der Waals surface area contributed by atoms with Crippen LogP contribution in [0.4, 0.5) is 0 Å². The molecular formula is C15H11NO. The number of nitrogens with zero attached hydrogens (tertiary/aromatic N) is 1. The minimum Gasteiger partial charge on any atom is -0.465 e. The predicted molar refractivity (Wildman–Crippen MR) is 67.0 cm³/mol. The Morgan fingerprint density at radius 1 is 1.06 bits per heavy atom. The zero-order chi connectivity index (χ0) is 11.2. The third kappa shape index (κ3) is 1.21. The van der Waals surface area contributed by atoms with E-state index in [0.717, 1.165) is 11.3 Å². The van der Waals surface area contributed by atoms with Crippen LogP contribution in [0.2, 0.25) is 0 Å². The Kier molecular flexibility index (Phi) is 1.64. The van der Waals surface area contributed by atoms with Gasteiger partial charge in [-0.2, -0.15) is 0 Å². The standard InChI is InChI=1S/C15H11NO/c1-2-7-14-11(5-1)9-12-10-13-6-3-4-8-16(13)15(12)17-14/h1-10,15H. The Balaban J connectivity index is 1.85. The van der Waals surface area contributed by atoms with E-state index in [1.54, 1.807) is 0 Å². The van der Waals surface area contributed by atoms with Crippen molar-refractivity contribution in [1.82, 2.24) is 4.90 Å². The summed E-state index contributed by atoms with van der Waals surface area (Å²) in [4.78, 5) is 2.15. The maximum absolute atomic E-state index is 6.05. The first-order valence-corrected chi connectivity index (χ1v) is 5.74. The van der Waals surface area contributed by atoms with Gasteiger partial charge in [0.15, 0.2) is 0 Å². The molecule has 2 heteroatoms. The third-order valence-electron chi connectivity index (χ3n) is 3.26. The van der Waals surface area contributed by atoms with E-state index < -0.39 is 0 Å². The van der Waals surface area contributed by atoms with Crippen LogP contribution in [-0.4, -0.2) is 11.1 Å². The van der Waals surface area contributed by atoms with E-state index in [-0.39, 0.29) is 6.23 Å². The molecule has 1 unspecified atom stereocenters. The highest BCUT2D eigenvalue weighted by atomic mass is 16.5. The highest BCUT2D eigenvalue weighted by molar-refractivity contribution is 5.67. The van der Waals surface area contributed by atoms with Crippen molar-refractivity contribution >= 4 is 6.08 Å². The van der Waals surface area contributed by atoms with E-state index in [0.29, 0.717) is 0 Å². The van der Waals surface area contributed by atoms with Crippen LogP contribution in [0.15, 0.2) is 66.0 Å². The Morgan fingerprint density at radius 2 is 2.00 bits per heavy atom. The van der Waals surface area contributed by atoms with Crippen molar-refractivity contribution in [2.75, 3.05) is 0 Å². The third-order valence-corrected chi connectivity index (χ3v) is 3.26. The van der Waals surface area contributed by atoms with E-state index in [2.05, 4.69) is 35.4 Å². The fourth-order valence-corrected chi connectivity index (χ4v) is 2.45. The Bertz CT molecular complexity index is 607. The first-order valence-electron chi connectivity index (χ1n) is 5.74. The second kappa shape index (κ2) is 3.14. The maximum atomic E-state index is 6.05. The first kappa shape index (κ1) is 8.88. The van der Waals surface area contributed by atoms with Crippen LogP contribution in [0.1, 0.15) is 5.56 Å². The number of hydrogen-bond donors (Lipinski definition) is 0. The second-order valence-corrected chi connectivity index (χ2v) is 4.33. The van der Waals surface area contributed by atoms with Crippen molar-refractivity contribution in [3.05, 3.63) is 71.6 Å². The van der Waals surface area contributed by atoms with E-state index in [1.165, 1.54) is 11.3 Å². The van der Waals surface area contributed by atoms with Gasteiger partial charge < -0.3 is 9.64 Å². The van der Waals surface area contributed by atoms with Gasteiger partial charge in [0.05, 0.1) is 0 Å². The van der Waals surface area contributed by atoms with Crippen LogP contribution >= 0.6 is 0 Å². The van der Waals surface area contributed by atoms with Gasteiger partial charge in [-0.3, -0.25) is 0 Å². The summed E-state index contributed by atoms with van der Waals surface area (Å²) in [7, 11) is 0. The predicted octanol–water partition coefficient (Wildman–Crippen LogP) is 3.07. The van der Waals surface area contributed by atoms with Crippen molar-refractivity contribution in [1.29, 1.82) is 0 Å². The fraction of sp³-hybridized carbons (Fsp3) is 0.0667. The zero-order valence-corrected chi connectivity index (χ0v) is 9.21. The SMILES string of the molecule is C1=CC2=CC3=Cc4ccccc4OC3N2C=C1. The summed E-state index contributed by atoms with van der Waals surface area (Å²) in [5.41, 5.74) is 3.56. The van der Waals surface area contributed by atoms with Gasteiger partial charge in [-0.25, -0.2) is 0 Å². The van der Waals surface area contributed by atoms with Crippen molar-refractivity contribution in [2.45, 2.75) is 6.23 Å². The number of ether oxygens (including phenoxy) is 1. The lowest BCUT2D eigenvalue weighted by Gasteiger charge is -2.30. The summed E-state index contributed by atoms with van der Waals surface area (Å²) < 4.78 is 6.05. The summed E-state index contributed by atoms with van der Waals surface area (Å²) in [6, 6.07) is 8.14. The molecule has 0 saturated carbocycles. The van der Waals surface area contributed by atoms with Gasteiger partial charge in [0.2, 0.25) is 6.23 Å². The fourth-order valence-electron chi connectivity index (χ4n) is 2.45. The summed E-state index contributed by atoms with van der Waals surface area (Å²) in [6.45, 7) is 0. The molecule has 0 aromatic heterocycles. The lowest BCUT2D eigenvalue weighted by Crippen LogP contribution is -2.33. The maximum Gasteiger partial charge on any atom is 0.202 e. The zero-order valence-electron chi connectivity index (χ0n) is 9.21. The highest BCUT2D eigenvalue weighted by Gasteiger charge is 2.32. The van der Waals surface area contributed by atoms with E-state index in [9.17, 15) is 0 Å². The summed E-state index contributed by atoms with van der Waals surface area (Å²) in [6.07, 6.45) is 12.6. The molecule has 0 amide bonds. The van der Waals surface area contributed by atoms with Crippen LogP contribution in [0.25, 0.3) is 6.08 Å². The molecule has 0 spiro atoms. The molecule has 0 N–H and O–H groups in total. The second-order valence-electron chi connectivity index (χ2n) is 4.33. The minimum absolute atomic E-state index is 0.00102. The molecule has 17 heavy (non-hydrogen) atoms. The van der Waals surface area contributed by atoms with Gasteiger partial charge in [0.25, 0.3) is 0 Å². The number of fused-ring (bicyclic) bond motifs is 4. The molecule has 1 atom stereocenters. The molecule has 1 aromatic carbocycles. The van der Waals surface area contributed by atoms with E-state index >= 15 is 0 Å². The molecule has 2 nitrogen and oxygen atoms in total. The van der Waals surface area contributed by atoms with Crippen molar-refractivity contribution in [2.24, 2.45) is 0 Å². The molecule has 82 valence electrons. The average molecular weight is 221 g/mol. The van der Waals surface area contributed by atoms with Crippen molar-refractivity contribution in [3.8, 4) is 5.75 Å². The summed E-state index contributed by atoms with van der Waals surface area (Å²) in [5, 5.41) is 0. The molecule has 0 bridgehead atoms.